The number of nitrogens with zero attached hydrogens (tertiary/aromatic N) is 2. The van der Waals surface area contributed by atoms with Gasteiger partial charge in [0.2, 0.25) is 5.91 Å². The van der Waals surface area contributed by atoms with Crippen LogP contribution < -0.4 is 0 Å². The summed E-state index contributed by atoms with van der Waals surface area (Å²) in [6, 6.07) is 9.06. The molecule has 1 unspecified atom stereocenters. The number of rotatable bonds is 8. The van der Waals surface area contributed by atoms with Gasteiger partial charge < -0.3 is 9.64 Å². The minimum Gasteiger partial charge on any atom is -0.383 e. The zero-order valence-corrected chi connectivity index (χ0v) is 15.8. The van der Waals surface area contributed by atoms with Gasteiger partial charge in [-0.3, -0.25) is 9.69 Å². The highest BCUT2D eigenvalue weighted by Gasteiger charge is 2.50. The summed E-state index contributed by atoms with van der Waals surface area (Å²) in [6.45, 7) is 7.39. The number of unbranched alkanes of at least 4 members (excludes halogenated alkanes) is 1. The predicted octanol–water partition coefficient (Wildman–Crippen LogP) is 3.10. The molecule has 0 N–H and O–H groups in total. The lowest BCUT2D eigenvalue weighted by Gasteiger charge is -2.23. The second-order valence-corrected chi connectivity index (χ2v) is 7.70. The Morgan fingerprint density at radius 3 is 2.56 bits per heavy atom. The van der Waals surface area contributed by atoms with Gasteiger partial charge in [-0.2, -0.15) is 0 Å². The van der Waals surface area contributed by atoms with Gasteiger partial charge in [-0.05, 0) is 43.4 Å². The minimum absolute atomic E-state index is 0.130. The first-order valence-electron chi connectivity index (χ1n) is 9.75. The second kappa shape index (κ2) is 8.33. The standard InChI is InChI=1S/C21H32N2O2/c1-3-4-5-18-6-8-19(9-7-18)16-22-12-10-21(17-22)11-13-23(20(21)24)14-15-25-2/h6-9H,3-5,10-17H2,1-2H3. The Bertz CT molecular complexity index is 572. The zero-order chi connectivity index (χ0) is 17.7. The van der Waals surface area contributed by atoms with E-state index >= 15 is 0 Å². The van der Waals surface area contributed by atoms with Crippen molar-refractivity contribution >= 4 is 5.91 Å². The maximum atomic E-state index is 12.8. The van der Waals surface area contributed by atoms with Crippen molar-refractivity contribution in [2.45, 2.75) is 45.6 Å². The van der Waals surface area contributed by atoms with Crippen LogP contribution in [0.4, 0.5) is 0 Å². The molecule has 2 aliphatic heterocycles. The highest BCUT2D eigenvalue weighted by molar-refractivity contribution is 5.85. The van der Waals surface area contributed by atoms with Crippen molar-refractivity contribution in [3.05, 3.63) is 35.4 Å². The number of ether oxygens (including phenoxy) is 1. The Balaban J connectivity index is 1.54. The van der Waals surface area contributed by atoms with Gasteiger partial charge >= 0.3 is 0 Å². The summed E-state index contributed by atoms with van der Waals surface area (Å²) in [5.41, 5.74) is 2.66. The molecule has 1 aromatic carbocycles. The van der Waals surface area contributed by atoms with Gasteiger partial charge in [0.1, 0.15) is 0 Å². The molecule has 3 rings (SSSR count). The van der Waals surface area contributed by atoms with E-state index in [1.54, 1.807) is 7.11 Å². The molecular weight excluding hydrogens is 312 g/mol. The van der Waals surface area contributed by atoms with E-state index < -0.39 is 0 Å². The number of likely N-dealkylation sites (tertiary alicyclic amines) is 2. The number of benzene rings is 1. The molecule has 4 heteroatoms. The predicted molar refractivity (Wildman–Crippen MR) is 100 cm³/mol. The molecule has 0 bridgehead atoms. The Labute approximate surface area is 152 Å². The molecule has 2 heterocycles. The molecule has 1 atom stereocenters. The number of aryl methyl sites for hydroxylation is 1. The Hall–Kier alpha value is -1.39. The van der Waals surface area contributed by atoms with E-state index in [1.807, 2.05) is 4.90 Å². The van der Waals surface area contributed by atoms with Crippen LogP contribution in [0.3, 0.4) is 0 Å². The van der Waals surface area contributed by atoms with Crippen LogP contribution in [0.2, 0.25) is 0 Å². The number of hydrogen-bond acceptors (Lipinski definition) is 3. The Morgan fingerprint density at radius 2 is 1.84 bits per heavy atom. The quantitative estimate of drug-likeness (QED) is 0.726. The molecule has 2 fully saturated rings. The monoisotopic (exact) mass is 344 g/mol. The van der Waals surface area contributed by atoms with E-state index in [1.165, 1.54) is 30.4 Å². The zero-order valence-electron chi connectivity index (χ0n) is 15.8. The van der Waals surface area contributed by atoms with Gasteiger partial charge in [0.05, 0.1) is 12.0 Å². The van der Waals surface area contributed by atoms with E-state index in [4.69, 9.17) is 4.74 Å². The number of methoxy groups -OCH3 is 1. The molecule has 0 aliphatic carbocycles. The number of carbonyl (C=O) groups excluding carboxylic acids is 1. The topological polar surface area (TPSA) is 32.8 Å². The first-order chi connectivity index (χ1) is 12.2. The van der Waals surface area contributed by atoms with Crippen molar-refractivity contribution in [1.29, 1.82) is 0 Å². The van der Waals surface area contributed by atoms with Crippen molar-refractivity contribution in [3.63, 3.8) is 0 Å². The number of hydrogen-bond donors (Lipinski definition) is 0. The summed E-state index contributed by atoms with van der Waals surface area (Å²) in [5.74, 6) is 0.349. The van der Waals surface area contributed by atoms with Gasteiger partial charge in [-0.25, -0.2) is 0 Å². The maximum absolute atomic E-state index is 12.8. The Morgan fingerprint density at radius 1 is 1.12 bits per heavy atom. The van der Waals surface area contributed by atoms with Crippen LogP contribution in [-0.4, -0.2) is 55.6 Å². The number of carbonyl (C=O) groups is 1. The average molecular weight is 344 g/mol. The summed E-state index contributed by atoms with van der Waals surface area (Å²) >= 11 is 0. The Kier molecular flexibility index (Phi) is 6.13. The third-order valence-corrected chi connectivity index (χ3v) is 5.85. The molecule has 0 saturated carbocycles. The van der Waals surface area contributed by atoms with Crippen LogP contribution in [0.5, 0.6) is 0 Å². The highest BCUT2D eigenvalue weighted by atomic mass is 16.5. The normalized spacial score (nSPS) is 23.9. The van der Waals surface area contributed by atoms with E-state index in [9.17, 15) is 4.79 Å². The first kappa shape index (κ1) is 18.4. The maximum Gasteiger partial charge on any atom is 0.230 e. The summed E-state index contributed by atoms with van der Waals surface area (Å²) < 4.78 is 5.13. The SMILES string of the molecule is CCCCc1ccc(CN2CCC3(CCN(CCOC)C3=O)C2)cc1. The first-order valence-corrected chi connectivity index (χ1v) is 9.75. The van der Waals surface area contributed by atoms with E-state index in [2.05, 4.69) is 36.1 Å². The van der Waals surface area contributed by atoms with Crippen LogP contribution in [0.1, 0.15) is 43.7 Å². The van der Waals surface area contributed by atoms with Crippen molar-refractivity contribution in [2.24, 2.45) is 5.41 Å². The van der Waals surface area contributed by atoms with Gasteiger partial charge in [0.25, 0.3) is 0 Å². The van der Waals surface area contributed by atoms with Crippen LogP contribution in [-0.2, 0) is 22.5 Å². The lowest BCUT2D eigenvalue weighted by molar-refractivity contribution is -0.136. The molecule has 4 nitrogen and oxygen atoms in total. The van der Waals surface area contributed by atoms with Gasteiger partial charge in [-0.15, -0.1) is 0 Å². The third-order valence-electron chi connectivity index (χ3n) is 5.85. The van der Waals surface area contributed by atoms with Crippen LogP contribution in [0.25, 0.3) is 0 Å². The minimum atomic E-state index is -0.130. The molecule has 0 radical (unpaired) electrons. The van der Waals surface area contributed by atoms with E-state index in [0.717, 1.165) is 45.6 Å². The fraction of sp³-hybridized carbons (Fsp3) is 0.667. The van der Waals surface area contributed by atoms with Crippen LogP contribution >= 0.6 is 0 Å². The second-order valence-electron chi connectivity index (χ2n) is 7.70. The van der Waals surface area contributed by atoms with E-state index in [-0.39, 0.29) is 5.41 Å². The van der Waals surface area contributed by atoms with Gasteiger partial charge in [-0.1, -0.05) is 37.6 Å². The van der Waals surface area contributed by atoms with E-state index in [0.29, 0.717) is 12.5 Å². The highest BCUT2D eigenvalue weighted by Crippen LogP contribution is 2.41. The average Bonchev–Trinajstić information content (AvgIpc) is 3.17. The molecule has 25 heavy (non-hydrogen) atoms. The molecule has 2 saturated heterocycles. The lowest BCUT2D eigenvalue weighted by Crippen LogP contribution is -2.38. The molecule has 1 aromatic rings. The fourth-order valence-electron chi connectivity index (χ4n) is 4.23. The molecule has 1 spiro atoms. The molecule has 1 amide bonds. The summed E-state index contributed by atoms with van der Waals surface area (Å²) in [6.07, 6.45) is 5.68. The van der Waals surface area contributed by atoms with Gasteiger partial charge in [0, 0.05) is 33.3 Å². The summed E-state index contributed by atoms with van der Waals surface area (Å²) in [7, 11) is 1.70. The van der Waals surface area contributed by atoms with Gasteiger partial charge in [0.15, 0.2) is 0 Å². The smallest absolute Gasteiger partial charge is 0.230 e. The lowest BCUT2D eigenvalue weighted by atomic mass is 9.85. The van der Waals surface area contributed by atoms with Crippen LogP contribution in [0.15, 0.2) is 24.3 Å². The van der Waals surface area contributed by atoms with Crippen molar-refractivity contribution < 1.29 is 9.53 Å². The molecule has 0 aromatic heterocycles. The van der Waals surface area contributed by atoms with Crippen molar-refractivity contribution in [2.75, 3.05) is 39.9 Å². The summed E-state index contributed by atoms with van der Waals surface area (Å²) in [5, 5.41) is 0. The van der Waals surface area contributed by atoms with Crippen molar-refractivity contribution in [1.82, 2.24) is 9.80 Å². The molecule has 138 valence electrons. The van der Waals surface area contributed by atoms with Crippen LogP contribution in [0, 0.1) is 5.41 Å². The molecule has 2 aliphatic rings. The largest absolute Gasteiger partial charge is 0.383 e. The van der Waals surface area contributed by atoms with Crippen molar-refractivity contribution in [3.8, 4) is 0 Å². The summed E-state index contributed by atoms with van der Waals surface area (Å²) in [4.78, 5) is 17.3. The molecular formula is C21H32N2O2. The fourth-order valence-corrected chi connectivity index (χ4v) is 4.23. The third kappa shape index (κ3) is 4.24. The number of amides is 1.